The second-order valence-corrected chi connectivity index (χ2v) is 5.15. The van der Waals surface area contributed by atoms with Crippen LogP contribution in [0.15, 0.2) is 18.3 Å². The Labute approximate surface area is 106 Å². The predicted octanol–water partition coefficient (Wildman–Crippen LogP) is 2.49. The van der Waals surface area contributed by atoms with Crippen molar-refractivity contribution in [3.63, 3.8) is 0 Å². The van der Waals surface area contributed by atoms with E-state index in [1.54, 1.807) is 0 Å². The Hall–Kier alpha value is -1.81. The maximum atomic E-state index is 4.48. The van der Waals surface area contributed by atoms with E-state index in [9.17, 15) is 0 Å². The van der Waals surface area contributed by atoms with Crippen LogP contribution in [0, 0.1) is 13.8 Å². The summed E-state index contributed by atoms with van der Waals surface area (Å²) in [4.78, 5) is 10.1. The third-order valence-electron chi connectivity index (χ3n) is 3.49. The Morgan fingerprint density at radius 3 is 2.78 bits per heavy atom. The zero-order chi connectivity index (χ0) is 12.9. The molecule has 3 aromatic heterocycles. The second-order valence-electron chi connectivity index (χ2n) is 5.15. The SMILES string of the molecule is Cc1[nH]c2c(ccc3ncc(CN(C)C)n32)c1C. The molecule has 0 saturated carbocycles. The molecule has 0 atom stereocenters. The van der Waals surface area contributed by atoms with E-state index in [0.717, 1.165) is 17.8 Å². The van der Waals surface area contributed by atoms with Crippen LogP contribution < -0.4 is 0 Å². The van der Waals surface area contributed by atoms with E-state index in [0.29, 0.717) is 0 Å². The number of aromatic nitrogens is 3. The number of nitrogens with zero attached hydrogens (tertiary/aromatic N) is 3. The Kier molecular flexibility index (Phi) is 2.41. The van der Waals surface area contributed by atoms with Crippen molar-refractivity contribution in [2.45, 2.75) is 20.4 Å². The molecule has 0 aliphatic carbocycles. The molecule has 3 heterocycles. The molecule has 4 heteroatoms. The molecular formula is C14H18N4. The van der Waals surface area contributed by atoms with Crippen molar-refractivity contribution in [2.24, 2.45) is 0 Å². The zero-order valence-corrected chi connectivity index (χ0v) is 11.3. The topological polar surface area (TPSA) is 36.3 Å². The van der Waals surface area contributed by atoms with Gasteiger partial charge in [-0.2, -0.15) is 0 Å². The number of pyridine rings is 1. The minimum atomic E-state index is 0.886. The zero-order valence-electron chi connectivity index (χ0n) is 11.3. The van der Waals surface area contributed by atoms with E-state index >= 15 is 0 Å². The molecule has 1 N–H and O–H groups in total. The summed E-state index contributed by atoms with van der Waals surface area (Å²) in [6, 6.07) is 4.23. The third kappa shape index (κ3) is 1.53. The van der Waals surface area contributed by atoms with Crippen molar-refractivity contribution in [1.29, 1.82) is 0 Å². The maximum Gasteiger partial charge on any atom is 0.138 e. The van der Waals surface area contributed by atoms with Gasteiger partial charge in [-0.05, 0) is 45.6 Å². The van der Waals surface area contributed by atoms with Gasteiger partial charge in [-0.3, -0.25) is 4.40 Å². The average Bonchev–Trinajstić information content (AvgIpc) is 2.82. The number of nitrogens with one attached hydrogen (secondary N) is 1. The van der Waals surface area contributed by atoms with Crippen LogP contribution in [-0.2, 0) is 6.54 Å². The van der Waals surface area contributed by atoms with Gasteiger partial charge in [0, 0.05) is 17.6 Å². The molecule has 0 aliphatic rings. The summed E-state index contributed by atoms with van der Waals surface area (Å²) in [5.41, 5.74) is 5.90. The highest BCUT2D eigenvalue weighted by molar-refractivity contribution is 5.84. The molecular weight excluding hydrogens is 224 g/mol. The van der Waals surface area contributed by atoms with Gasteiger partial charge < -0.3 is 9.88 Å². The lowest BCUT2D eigenvalue weighted by Gasteiger charge is -2.09. The number of imidazole rings is 1. The summed E-state index contributed by atoms with van der Waals surface area (Å²) in [6.45, 7) is 5.16. The number of rotatable bonds is 2. The third-order valence-corrected chi connectivity index (χ3v) is 3.49. The van der Waals surface area contributed by atoms with Gasteiger partial charge in [0.25, 0.3) is 0 Å². The van der Waals surface area contributed by atoms with Gasteiger partial charge in [0.1, 0.15) is 11.3 Å². The molecule has 0 unspecified atom stereocenters. The van der Waals surface area contributed by atoms with Crippen LogP contribution in [0.5, 0.6) is 0 Å². The number of H-pyrrole nitrogens is 1. The van der Waals surface area contributed by atoms with Crippen LogP contribution in [0.25, 0.3) is 16.7 Å². The smallest absolute Gasteiger partial charge is 0.138 e. The van der Waals surface area contributed by atoms with Crippen LogP contribution in [0.1, 0.15) is 17.0 Å². The Bertz CT molecular complexity index is 718. The van der Waals surface area contributed by atoms with Crippen molar-refractivity contribution in [3.8, 4) is 0 Å². The lowest BCUT2D eigenvalue weighted by molar-refractivity contribution is 0.396. The molecule has 4 nitrogen and oxygen atoms in total. The summed E-state index contributed by atoms with van der Waals surface area (Å²) in [5.74, 6) is 0. The number of hydrogen-bond acceptors (Lipinski definition) is 2. The highest BCUT2D eigenvalue weighted by atomic mass is 15.1. The molecule has 0 saturated heterocycles. The maximum absolute atomic E-state index is 4.48. The minimum Gasteiger partial charge on any atom is -0.344 e. The van der Waals surface area contributed by atoms with E-state index in [1.807, 2.05) is 6.20 Å². The standard InChI is InChI=1S/C14H18N4/c1-9-10(2)16-14-12(9)5-6-13-15-7-11(18(13)14)8-17(3)4/h5-7,16H,8H2,1-4H3. The molecule has 3 aromatic rings. The molecule has 94 valence electrons. The number of aryl methyl sites for hydroxylation is 2. The molecule has 0 fully saturated rings. The van der Waals surface area contributed by atoms with Crippen LogP contribution in [-0.4, -0.2) is 33.4 Å². The predicted molar refractivity (Wildman–Crippen MR) is 73.9 cm³/mol. The monoisotopic (exact) mass is 242 g/mol. The largest absolute Gasteiger partial charge is 0.344 e. The van der Waals surface area contributed by atoms with Gasteiger partial charge in [0.2, 0.25) is 0 Å². The van der Waals surface area contributed by atoms with Crippen molar-refractivity contribution >= 4 is 16.7 Å². The molecule has 0 aromatic carbocycles. The second kappa shape index (κ2) is 3.85. The van der Waals surface area contributed by atoms with Gasteiger partial charge in [-0.1, -0.05) is 0 Å². The van der Waals surface area contributed by atoms with Crippen molar-refractivity contribution in [2.75, 3.05) is 14.1 Å². The first kappa shape index (κ1) is 11.3. The molecule has 0 radical (unpaired) electrons. The van der Waals surface area contributed by atoms with Gasteiger partial charge >= 0.3 is 0 Å². The minimum absolute atomic E-state index is 0.886. The fourth-order valence-corrected chi connectivity index (χ4v) is 2.47. The lowest BCUT2D eigenvalue weighted by atomic mass is 10.2. The molecule has 3 rings (SSSR count). The van der Waals surface area contributed by atoms with Gasteiger partial charge in [0.15, 0.2) is 0 Å². The molecule has 0 bridgehead atoms. The lowest BCUT2D eigenvalue weighted by Crippen LogP contribution is -2.12. The molecule has 18 heavy (non-hydrogen) atoms. The van der Waals surface area contributed by atoms with E-state index in [4.69, 9.17) is 0 Å². The number of hydrogen-bond donors (Lipinski definition) is 1. The molecule has 0 amide bonds. The Morgan fingerprint density at radius 1 is 1.28 bits per heavy atom. The van der Waals surface area contributed by atoms with Crippen molar-refractivity contribution in [3.05, 3.63) is 35.3 Å². The van der Waals surface area contributed by atoms with Crippen LogP contribution in [0.2, 0.25) is 0 Å². The van der Waals surface area contributed by atoms with Gasteiger partial charge in [0.05, 0.1) is 11.9 Å². The van der Waals surface area contributed by atoms with E-state index in [2.05, 4.69) is 59.3 Å². The fraction of sp³-hybridized carbons (Fsp3) is 0.357. The highest BCUT2D eigenvalue weighted by Crippen LogP contribution is 2.23. The first-order valence-corrected chi connectivity index (χ1v) is 6.17. The summed E-state index contributed by atoms with van der Waals surface area (Å²) in [6.07, 6.45) is 1.96. The first-order valence-electron chi connectivity index (χ1n) is 6.17. The van der Waals surface area contributed by atoms with Crippen LogP contribution in [0.4, 0.5) is 0 Å². The first-order chi connectivity index (χ1) is 8.58. The Balaban J connectivity index is 2.37. The number of fused-ring (bicyclic) bond motifs is 3. The summed E-state index contributed by atoms with van der Waals surface area (Å²) in [5, 5.41) is 1.28. The van der Waals surface area contributed by atoms with Crippen molar-refractivity contribution < 1.29 is 0 Å². The van der Waals surface area contributed by atoms with Crippen molar-refractivity contribution in [1.82, 2.24) is 19.3 Å². The molecule has 0 spiro atoms. The molecule has 0 aliphatic heterocycles. The van der Waals surface area contributed by atoms with Crippen LogP contribution >= 0.6 is 0 Å². The normalized spacial score (nSPS) is 12.1. The Morgan fingerprint density at radius 2 is 2.06 bits per heavy atom. The van der Waals surface area contributed by atoms with Gasteiger partial charge in [-0.15, -0.1) is 0 Å². The van der Waals surface area contributed by atoms with Crippen LogP contribution in [0.3, 0.4) is 0 Å². The summed E-state index contributed by atoms with van der Waals surface area (Å²) < 4.78 is 2.22. The number of aromatic amines is 1. The highest BCUT2D eigenvalue weighted by Gasteiger charge is 2.11. The van der Waals surface area contributed by atoms with E-state index in [1.165, 1.54) is 22.3 Å². The van der Waals surface area contributed by atoms with Gasteiger partial charge in [-0.25, -0.2) is 4.98 Å². The van der Waals surface area contributed by atoms with E-state index in [-0.39, 0.29) is 0 Å². The average molecular weight is 242 g/mol. The van der Waals surface area contributed by atoms with E-state index < -0.39 is 0 Å². The summed E-state index contributed by atoms with van der Waals surface area (Å²) in [7, 11) is 4.15. The summed E-state index contributed by atoms with van der Waals surface area (Å²) >= 11 is 0. The quantitative estimate of drug-likeness (QED) is 0.749. The fourth-order valence-electron chi connectivity index (χ4n) is 2.47.